The molecule has 2 rings (SSSR count). The van der Waals surface area contributed by atoms with E-state index < -0.39 is 7.82 Å². The molecule has 0 spiro atoms. The van der Waals surface area contributed by atoms with Crippen molar-refractivity contribution in [2.45, 2.75) is 12.5 Å². The number of phosphoric ester groups is 1. The maximum absolute atomic E-state index is 12.1. The lowest BCUT2D eigenvalue weighted by molar-refractivity contribution is 0.0539. The Morgan fingerprint density at radius 3 is 3.17 bits per heavy atom. The van der Waals surface area contributed by atoms with Crippen LogP contribution < -0.4 is 0 Å². The lowest BCUT2D eigenvalue weighted by Gasteiger charge is -2.27. The zero-order valence-corrected chi connectivity index (χ0v) is 12.9. The molecule has 0 aliphatic carbocycles. The summed E-state index contributed by atoms with van der Waals surface area (Å²) in [6.45, 7) is 0.306. The van der Waals surface area contributed by atoms with Crippen molar-refractivity contribution >= 4 is 37.4 Å². The van der Waals surface area contributed by atoms with E-state index in [2.05, 4.69) is 13.9 Å². The number of halogens is 1. The highest BCUT2D eigenvalue weighted by Crippen LogP contribution is 2.59. The van der Waals surface area contributed by atoms with E-state index in [1.54, 1.807) is 12.1 Å². The molecule has 9 heteroatoms. The van der Waals surface area contributed by atoms with Crippen molar-refractivity contribution in [1.82, 2.24) is 0 Å². The van der Waals surface area contributed by atoms with Crippen molar-refractivity contribution < 1.29 is 17.9 Å². The number of hydrogen-bond donors (Lipinski definition) is 0. The molecule has 0 saturated carbocycles. The second-order valence-electron chi connectivity index (χ2n) is 3.50. The molecule has 98 valence electrons. The van der Waals surface area contributed by atoms with Crippen molar-refractivity contribution in [2.75, 3.05) is 6.61 Å². The van der Waals surface area contributed by atoms with Crippen molar-refractivity contribution in [3.8, 4) is 0 Å². The highest BCUT2D eigenvalue weighted by molar-refractivity contribution is 7.54. The highest BCUT2D eigenvalue weighted by atomic mass is 35.5. The largest absolute Gasteiger partial charge is 0.484 e. The normalized spacial score (nSPS) is 28.7. The van der Waals surface area contributed by atoms with Crippen LogP contribution >= 0.6 is 37.4 Å². The smallest absolute Gasteiger partial charge is 0.286 e. The van der Waals surface area contributed by atoms with Gasteiger partial charge in [-0.15, -0.1) is 0 Å². The van der Waals surface area contributed by atoms with Gasteiger partial charge >= 0.3 is 7.82 Å². The minimum atomic E-state index is -3.53. The Morgan fingerprint density at radius 1 is 1.61 bits per heavy atom. The molecule has 1 aliphatic heterocycles. The number of nitrogens with zero attached hydrogens (tertiary/aromatic N) is 1. The van der Waals surface area contributed by atoms with E-state index in [0.29, 0.717) is 18.1 Å². The Morgan fingerprint density at radius 2 is 2.44 bits per heavy atom. The van der Waals surface area contributed by atoms with Crippen LogP contribution in [-0.4, -0.2) is 6.61 Å². The fourth-order valence-electron chi connectivity index (χ4n) is 1.55. The first-order valence-electron chi connectivity index (χ1n) is 5.10. The Hall–Kier alpha value is 0.150. The van der Waals surface area contributed by atoms with Crippen molar-refractivity contribution in [3.05, 3.63) is 34.9 Å². The predicted molar refractivity (Wildman–Crippen MR) is 73.6 cm³/mol. The van der Waals surface area contributed by atoms with Crippen LogP contribution in [0.15, 0.2) is 28.8 Å². The summed E-state index contributed by atoms with van der Waals surface area (Å²) in [5, 5.41) is 0.608. The molecular formula is C9H11ClNO4P3. The summed E-state index contributed by atoms with van der Waals surface area (Å²) in [6, 6.07) is 7.23. The van der Waals surface area contributed by atoms with Crippen molar-refractivity contribution in [1.29, 1.82) is 0 Å². The van der Waals surface area contributed by atoms with Crippen LogP contribution in [0.4, 0.5) is 0 Å². The fourth-order valence-corrected chi connectivity index (χ4v) is 3.93. The molecule has 1 heterocycles. The molecule has 0 amide bonds. The molecule has 0 N–H and O–H groups in total. The standard InChI is InChI=1S/C9H11ClNO4P3/c10-8-3-1-2-7(6-8)9-4-5-13-18(12,14-9)15-17-11-16/h1-3,6,9H,4-5,16H2. The van der Waals surface area contributed by atoms with E-state index in [4.69, 9.17) is 25.0 Å². The third kappa shape index (κ3) is 3.82. The second-order valence-corrected chi connectivity index (χ2v) is 7.04. The van der Waals surface area contributed by atoms with Crippen LogP contribution in [0.25, 0.3) is 0 Å². The third-order valence-corrected chi connectivity index (χ3v) is 5.01. The molecule has 0 radical (unpaired) electrons. The summed E-state index contributed by atoms with van der Waals surface area (Å²) >= 11 is 5.91. The van der Waals surface area contributed by atoms with E-state index in [1.807, 2.05) is 12.1 Å². The first-order valence-corrected chi connectivity index (χ1v) is 8.22. The molecule has 1 saturated heterocycles. The van der Waals surface area contributed by atoms with E-state index in [1.165, 1.54) is 0 Å². The number of phosphoric acid groups is 1. The van der Waals surface area contributed by atoms with E-state index in [9.17, 15) is 4.57 Å². The van der Waals surface area contributed by atoms with Gasteiger partial charge in [-0.05, 0) is 27.1 Å². The van der Waals surface area contributed by atoms with Crippen LogP contribution in [-0.2, 0) is 17.9 Å². The molecule has 5 nitrogen and oxygen atoms in total. The van der Waals surface area contributed by atoms with E-state index in [-0.39, 0.29) is 14.7 Å². The van der Waals surface area contributed by atoms with Gasteiger partial charge in [0.2, 0.25) is 0 Å². The van der Waals surface area contributed by atoms with Crippen LogP contribution in [0.1, 0.15) is 18.1 Å². The highest BCUT2D eigenvalue weighted by Gasteiger charge is 2.36. The SMILES string of the molecule is O=P1(O/P=N/P)OCCC(c2cccc(Cl)c2)O1. The van der Waals surface area contributed by atoms with E-state index >= 15 is 0 Å². The summed E-state index contributed by atoms with van der Waals surface area (Å²) in [7, 11) is -1.23. The minimum absolute atomic E-state index is 0.187. The summed E-state index contributed by atoms with van der Waals surface area (Å²) < 4.78 is 31.1. The summed E-state index contributed by atoms with van der Waals surface area (Å²) in [5.41, 5.74) is 0.856. The Balaban J connectivity index is 2.13. The van der Waals surface area contributed by atoms with Gasteiger partial charge in [0.15, 0.2) is 8.60 Å². The minimum Gasteiger partial charge on any atom is -0.286 e. The summed E-state index contributed by atoms with van der Waals surface area (Å²) in [5.74, 6) is 0. The van der Waals surface area contributed by atoms with Crippen LogP contribution in [0, 0.1) is 0 Å². The quantitative estimate of drug-likeness (QED) is 0.751. The summed E-state index contributed by atoms with van der Waals surface area (Å²) in [6.07, 6.45) is 0.255. The van der Waals surface area contributed by atoms with Gasteiger partial charge in [0.1, 0.15) is 0 Å². The fraction of sp³-hybridized carbons (Fsp3) is 0.333. The average molecular weight is 326 g/mol. The van der Waals surface area contributed by atoms with Gasteiger partial charge < -0.3 is 0 Å². The molecule has 18 heavy (non-hydrogen) atoms. The first kappa shape index (κ1) is 14.6. The molecule has 3 atom stereocenters. The summed E-state index contributed by atoms with van der Waals surface area (Å²) in [4.78, 5) is 0. The van der Waals surface area contributed by atoms with Gasteiger partial charge in [0.25, 0.3) is 0 Å². The molecule has 1 aromatic rings. The molecule has 1 aliphatic rings. The number of hydrogen-bond acceptors (Lipinski definition) is 5. The Bertz CT molecular complexity index is 498. The molecule has 3 unspecified atom stereocenters. The van der Waals surface area contributed by atoms with Gasteiger partial charge in [-0.3, -0.25) is 9.05 Å². The van der Waals surface area contributed by atoms with Gasteiger partial charge in [-0.25, -0.2) is 13.4 Å². The monoisotopic (exact) mass is 325 g/mol. The van der Waals surface area contributed by atoms with Crippen LogP contribution in [0.5, 0.6) is 0 Å². The molecule has 1 aromatic carbocycles. The molecular weight excluding hydrogens is 314 g/mol. The molecule has 1 fully saturated rings. The maximum Gasteiger partial charge on any atom is 0.484 e. The average Bonchev–Trinajstić information content (AvgIpc) is 2.37. The van der Waals surface area contributed by atoms with E-state index in [0.717, 1.165) is 5.56 Å². The zero-order chi connectivity index (χ0) is 13.0. The molecule has 0 bridgehead atoms. The predicted octanol–water partition coefficient (Wildman–Crippen LogP) is 4.78. The third-order valence-electron chi connectivity index (χ3n) is 2.29. The zero-order valence-electron chi connectivity index (χ0n) is 9.23. The van der Waals surface area contributed by atoms with Gasteiger partial charge in [-0.2, -0.15) is 0 Å². The maximum atomic E-state index is 12.1. The van der Waals surface area contributed by atoms with Gasteiger partial charge in [0.05, 0.1) is 12.7 Å². The first-order chi connectivity index (χ1) is 8.63. The molecule has 0 aromatic heterocycles. The lowest BCUT2D eigenvalue weighted by atomic mass is 10.1. The number of benzene rings is 1. The Labute approximate surface area is 114 Å². The van der Waals surface area contributed by atoms with Crippen LogP contribution in [0.3, 0.4) is 0 Å². The van der Waals surface area contributed by atoms with Crippen molar-refractivity contribution in [2.24, 2.45) is 4.52 Å². The van der Waals surface area contributed by atoms with Crippen LogP contribution in [0.2, 0.25) is 5.02 Å². The van der Waals surface area contributed by atoms with Crippen molar-refractivity contribution in [3.63, 3.8) is 0 Å². The lowest BCUT2D eigenvalue weighted by Crippen LogP contribution is -2.13. The van der Waals surface area contributed by atoms with Gasteiger partial charge in [-0.1, -0.05) is 23.7 Å². The van der Waals surface area contributed by atoms with Gasteiger partial charge in [0, 0.05) is 11.4 Å². The second kappa shape index (κ2) is 6.54. The number of rotatable bonds is 3. The Kier molecular flexibility index (Phi) is 5.29. The topological polar surface area (TPSA) is 57.1 Å².